The van der Waals surface area contributed by atoms with Crippen molar-refractivity contribution in [3.63, 3.8) is 0 Å². The molecular weight excluding hydrogens is 240 g/mol. The minimum atomic E-state index is -0.137. The van der Waals surface area contributed by atoms with Crippen LogP contribution >= 0.6 is 0 Å². The smallest absolute Gasteiger partial charge is 0.410 e. The van der Waals surface area contributed by atoms with Crippen LogP contribution in [0.25, 0.3) is 0 Å². The van der Waals surface area contributed by atoms with Gasteiger partial charge in [-0.05, 0) is 49.7 Å². The predicted octanol–water partition coefficient (Wildman–Crippen LogP) is 2.81. The Morgan fingerprint density at radius 2 is 2.42 bits per heavy atom. The Hall–Kier alpha value is -1.58. The molecule has 1 aromatic rings. The number of hydrogen-bond donors (Lipinski definition) is 0. The van der Waals surface area contributed by atoms with Crippen molar-refractivity contribution < 1.29 is 9.53 Å². The summed E-state index contributed by atoms with van der Waals surface area (Å²) in [7, 11) is 0. The Morgan fingerprint density at radius 1 is 1.53 bits per heavy atom. The molecule has 1 aliphatic carbocycles. The van der Waals surface area contributed by atoms with Crippen molar-refractivity contribution in [1.29, 1.82) is 0 Å². The van der Waals surface area contributed by atoms with Gasteiger partial charge in [0.15, 0.2) is 0 Å². The van der Waals surface area contributed by atoms with Gasteiger partial charge in [-0.3, -0.25) is 4.98 Å². The fraction of sp³-hybridized carbons (Fsp3) is 0.600. The standard InChI is InChI=1S/C15H20N2O2/c1-2-19-15(18)17-10-12-5-6-13(17)8-14(12)11-4-3-7-16-9-11/h3-4,7,9,12-14H,2,5-6,8,10H2,1H3. The van der Waals surface area contributed by atoms with Crippen molar-refractivity contribution in [2.24, 2.45) is 5.92 Å². The zero-order chi connectivity index (χ0) is 13.2. The van der Waals surface area contributed by atoms with Crippen molar-refractivity contribution in [2.75, 3.05) is 13.2 Å². The van der Waals surface area contributed by atoms with E-state index in [4.69, 9.17) is 4.74 Å². The number of pyridine rings is 1. The molecule has 2 saturated heterocycles. The van der Waals surface area contributed by atoms with Crippen molar-refractivity contribution in [3.8, 4) is 0 Å². The maximum atomic E-state index is 11.9. The molecule has 0 radical (unpaired) electrons. The van der Waals surface area contributed by atoms with E-state index < -0.39 is 0 Å². The number of piperidine rings is 2. The van der Waals surface area contributed by atoms with Crippen LogP contribution in [-0.2, 0) is 4.74 Å². The first kappa shape index (κ1) is 12.5. The Bertz CT molecular complexity index is 449. The maximum Gasteiger partial charge on any atom is 0.410 e. The molecule has 0 N–H and O–H groups in total. The van der Waals surface area contributed by atoms with E-state index >= 15 is 0 Å². The topological polar surface area (TPSA) is 42.4 Å². The minimum absolute atomic E-state index is 0.137. The second-order valence-corrected chi connectivity index (χ2v) is 5.47. The molecule has 19 heavy (non-hydrogen) atoms. The van der Waals surface area contributed by atoms with Crippen LogP contribution in [0.3, 0.4) is 0 Å². The number of hydrogen-bond acceptors (Lipinski definition) is 3. The summed E-state index contributed by atoms with van der Waals surface area (Å²) >= 11 is 0. The van der Waals surface area contributed by atoms with Gasteiger partial charge >= 0.3 is 6.09 Å². The van der Waals surface area contributed by atoms with Gasteiger partial charge in [0.1, 0.15) is 0 Å². The summed E-state index contributed by atoms with van der Waals surface area (Å²) < 4.78 is 5.15. The van der Waals surface area contributed by atoms with Gasteiger partial charge in [-0.25, -0.2) is 4.79 Å². The number of rotatable bonds is 2. The van der Waals surface area contributed by atoms with Gasteiger partial charge in [0, 0.05) is 25.0 Å². The van der Waals surface area contributed by atoms with Crippen molar-refractivity contribution in [1.82, 2.24) is 9.88 Å². The highest BCUT2D eigenvalue weighted by Gasteiger charge is 2.43. The monoisotopic (exact) mass is 260 g/mol. The summed E-state index contributed by atoms with van der Waals surface area (Å²) in [5.41, 5.74) is 1.32. The average molecular weight is 260 g/mol. The summed E-state index contributed by atoms with van der Waals surface area (Å²) in [6.45, 7) is 3.15. The van der Waals surface area contributed by atoms with Gasteiger partial charge in [0.05, 0.1) is 6.61 Å². The third-order valence-corrected chi connectivity index (χ3v) is 4.45. The van der Waals surface area contributed by atoms with E-state index in [9.17, 15) is 4.79 Å². The number of amides is 1. The molecule has 3 fully saturated rings. The third-order valence-electron chi connectivity index (χ3n) is 4.45. The van der Waals surface area contributed by atoms with Crippen LogP contribution in [0.2, 0.25) is 0 Å². The van der Waals surface area contributed by atoms with Crippen LogP contribution in [-0.4, -0.2) is 35.2 Å². The molecule has 1 aromatic heterocycles. The first-order valence-corrected chi connectivity index (χ1v) is 7.13. The Kier molecular flexibility index (Phi) is 3.40. The van der Waals surface area contributed by atoms with Gasteiger partial charge in [-0.2, -0.15) is 0 Å². The van der Waals surface area contributed by atoms with Crippen molar-refractivity contribution >= 4 is 6.09 Å². The van der Waals surface area contributed by atoms with E-state index in [1.54, 1.807) is 0 Å². The third kappa shape index (κ3) is 2.31. The van der Waals surface area contributed by atoms with Crippen LogP contribution in [0, 0.1) is 5.92 Å². The van der Waals surface area contributed by atoms with E-state index in [0.717, 1.165) is 19.4 Å². The summed E-state index contributed by atoms with van der Waals surface area (Å²) in [6.07, 6.45) is 7.02. The highest BCUT2D eigenvalue weighted by molar-refractivity contribution is 5.68. The molecule has 2 bridgehead atoms. The second kappa shape index (κ2) is 5.19. The average Bonchev–Trinajstić information content (AvgIpc) is 2.49. The first-order chi connectivity index (χ1) is 9.29. The molecule has 0 aromatic carbocycles. The van der Waals surface area contributed by atoms with Crippen LogP contribution < -0.4 is 0 Å². The number of nitrogens with zero attached hydrogens (tertiary/aromatic N) is 2. The summed E-state index contributed by atoms with van der Waals surface area (Å²) in [5.74, 6) is 1.11. The van der Waals surface area contributed by atoms with Crippen LogP contribution in [0.4, 0.5) is 4.79 Å². The molecule has 1 saturated carbocycles. The van der Waals surface area contributed by atoms with Crippen LogP contribution in [0.5, 0.6) is 0 Å². The highest BCUT2D eigenvalue weighted by Crippen LogP contribution is 2.44. The van der Waals surface area contributed by atoms with E-state index in [-0.39, 0.29) is 6.09 Å². The molecule has 3 heterocycles. The predicted molar refractivity (Wildman–Crippen MR) is 71.8 cm³/mol. The molecule has 3 atom stereocenters. The fourth-order valence-corrected chi connectivity index (χ4v) is 3.55. The molecule has 2 aliphatic heterocycles. The number of aromatic nitrogens is 1. The fourth-order valence-electron chi connectivity index (χ4n) is 3.55. The summed E-state index contributed by atoms with van der Waals surface area (Å²) in [4.78, 5) is 18.1. The molecule has 102 valence electrons. The van der Waals surface area contributed by atoms with Crippen LogP contribution in [0.1, 0.15) is 37.7 Å². The Labute approximate surface area is 113 Å². The lowest BCUT2D eigenvalue weighted by atomic mass is 9.70. The Balaban J connectivity index is 1.74. The Morgan fingerprint density at radius 3 is 3.05 bits per heavy atom. The number of carbonyl (C=O) groups excluding carboxylic acids is 1. The zero-order valence-electron chi connectivity index (χ0n) is 11.3. The first-order valence-electron chi connectivity index (χ1n) is 7.13. The van der Waals surface area contributed by atoms with Gasteiger partial charge in [0.2, 0.25) is 0 Å². The normalized spacial score (nSPS) is 29.3. The lowest BCUT2D eigenvalue weighted by molar-refractivity contribution is 0.0209. The summed E-state index contributed by atoms with van der Waals surface area (Å²) in [6, 6.07) is 4.50. The van der Waals surface area contributed by atoms with Gasteiger partial charge < -0.3 is 9.64 Å². The molecule has 1 amide bonds. The number of carbonyl (C=O) groups is 1. The van der Waals surface area contributed by atoms with E-state index in [0.29, 0.717) is 24.5 Å². The van der Waals surface area contributed by atoms with Gasteiger partial charge in [0.25, 0.3) is 0 Å². The van der Waals surface area contributed by atoms with Crippen molar-refractivity contribution in [2.45, 2.75) is 38.1 Å². The molecule has 0 spiro atoms. The van der Waals surface area contributed by atoms with E-state index in [1.807, 2.05) is 30.3 Å². The van der Waals surface area contributed by atoms with Gasteiger partial charge in [-0.15, -0.1) is 0 Å². The van der Waals surface area contributed by atoms with Gasteiger partial charge in [-0.1, -0.05) is 6.07 Å². The molecule has 4 nitrogen and oxygen atoms in total. The highest BCUT2D eigenvalue weighted by atomic mass is 16.6. The van der Waals surface area contributed by atoms with E-state index in [1.165, 1.54) is 12.0 Å². The number of ether oxygens (including phenoxy) is 1. The lowest BCUT2D eigenvalue weighted by Crippen LogP contribution is -2.53. The molecule has 3 aliphatic rings. The SMILES string of the molecule is CCOC(=O)N1CC2CCC1CC2c1cccnc1. The lowest BCUT2D eigenvalue weighted by Gasteiger charge is -2.49. The molecule has 4 heteroatoms. The zero-order valence-corrected chi connectivity index (χ0v) is 11.3. The quantitative estimate of drug-likeness (QED) is 0.821. The largest absolute Gasteiger partial charge is 0.450 e. The molecule has 4 rings (SSSR count). The molecule has 3 unspecified atom stereocenters. The van der Waals surface area contributed by atoms with E-state index in [2.05, 4.69) is 11.1 Å². The van der Waals surface area contributed by atoms with Crippen LogP contribution in [0.15, 0.2) is 24.5 Å². The minimum Gasteiger partial charge on any atom is -0.450 e. The van der Waals surface area contributed by atoms with Crippen molar-refractivity contribution in [3.05, 3.63) is 30.1 Å². The molecular formula is C15H20N2O2. The second-order valence-electron chi connectivity index (χ2n) is 5.47. The summed E-state index contributed by atoms with van der Waals surface area (Å²) in [5, 5.41) is 0. The maximum absolute atomic E-state index is 11.9. The number of fused-ring (bicyclic) bond motifs is 3.